The first-order chi connectivity index (χ1) is 12.1. The van der Waals surface area contributed by atoms with Crippen LogP contribution in [0, 0.1) is 0 Å². The molecule has 0 unspecified atom stereocenters. The van der Waals surface area contributed by atoms with E-state index in [1.54, 1.807) is 29.2 Å². The molecule has 134 valence electrons. The van der Waals surface area contributed by atoms with Crippen LogP contribution in [-0.4, -0.2) is 68.8 Å². The summed E-state index contributed by atoms with van der Waals surface area (Å²) in [4.78, 5) is 35.9. The van der Waals surface area contributed by atoms with Gasteiger partial charge < -0.3 is 19.7 Å². The van der Waals surface area contributed by atoms with E-state index >= 15 is 0 Å². The minimum atomic E-state index is -0.847. The molecule has 2 N–H and O–H groups in total. The van der Waals surface area contributed by atoms with Crippen molar-refractivity contribution in [1.82, 2.24) is 15.6 Å². The van der Waals surface area contributed by atoms with Gasteiger partial charge in [0.25, 0.3) is 5.91 Å². The second kappa shape index (κ2) is 9.38. The van der Waals surface area contributed by atoms with Gasteiger partial charge in [-0.25, -0.2) is 5.43 Å². The molecule has 1 fully saturated rings. The Morgan fingerprint density at radius 3 is 2.52 bits per heavy atom. The van der Waals surface area contributed by atoms with Crippen LogP contribution < -0.4 is 15.5 Å². The second-order valence-corrected chi connectivity index (χ2v) is 5.13. The molecule has 1 aliphatic rings. The lowest BCUT2D eigenvalue weighted by Crippen LogP contribution is -2.42. The number of amides is 3. The number of nitrogens with zero attached hydrogens (tertiary/aromatic N) is 2. The number of benzene rings is 1. The third-order valence-electron chi connectivity index (χ3n) is 3.42. The van der Waals surface area contributed by atoms with Crippen molar-refractivity contribution in [1.29, 1.82) is 0 Å². The predicted molar refractivity (Wildman–Crippen MR) is 89.1 cm³/mol. The maximum atomic E-state index is 12.0. The number of hydrogen-bond donors (Lipinski definition) is 2. The van der Waals surface area contributed by atoms with Gasteiger partial charge in [0, 0.05) is 20.1 Å². The van der Waals surface area contributed by atoms with Gasteiger partial charge in [-0.1, -0.05) is 0 Å². The molecule has 1 aliphatic heterocycles. The number of nitrogens with one attached hydrogen (secondary N) is 2. The van der Waals surface area contributed by atoms with Crippen molar-refractivity contribution >= 4 is 23.9 Å². The molecule has 1 heterocycles. The van der Waals surface area contributed by atoms with Crippen LogP contribution in [0.2, 0.25) is 0 Å². The van der Waals surface area contributed by atoms with Gasteiger partial charge in [-0.05, 0) is 29.8 Å². The predicted octanol–water partition coefficient (Wildman–Crippen LogP) is -0.880. The summed E-state index contributed by atoms with van der Waals surface area (Å²) in [5.74, 6) is -1.15. The Morgan fingerprint density at radius 2 is 1.88 bits per heavy atom. The molecule has 9 heteroatoms. The molecule has 3 amide bonds. The monoisotopic (exact) mass is 348 g/mol. The number of rotatable bonds is 5. The van der Waals surface area contributed by atoms with Crippen molar-refractivity contribution in [2.45, 2.75) is 0 Å². The zero-order chi connectivity index (χ0) is 18.1. The first-order valence-corrected chi connectivity index (χ1v) is 7.73. The largest absolute Gasteiger partial charge is 0.484 e. The number of carbonyl (C=O) groups excluding carboxylic acids is 3. The first kappa shape index (κ1) is 18.4. The third kappa shape index (κ3) is 5.88. The third-order valence-corrected chi connectivity index (χ3v) is 3.42. The minimum Gasteiger partial charge on any atom is -0.484 e. The number of ether oxygens (including phenoxy) is 2. The highest BCUT2D eigenvalue weighted by atomic mass is 16.5. The van der Waals surface area contributed by atoms with Gasteiger partial charge in [0.1, 0.15) is 5.75 Å². The van der Waals surface area contributed by atoms with Crippen LogP contribution >= 0.6 is 0 Å². The van der Waals surface area contributed by atoms with Crippen LogP contribution in [0.4, 0.5) is 0 Å². The van der Waals surface area contributed by atoms with Crippen molar-refractivity contribution in [3.63, 3.8) is 0 Å². The molecule has 2 rings (SSSR count). The van der Waals surface area contributed by atoms with Crippen molar-refractivity contribution in [2.75, 3.05) is 40.0 Å². The summed E-state index contributed by atoms with van der Waals surface area (Å²) in [5.41, 5.74) is 2.80. The molecular formula is C16H20N4O5. The van der Waals surface area contributed by atoms with Crippen molar-refractivity contribution < 1.29 is 23.9 Å². The Morgan fingerprint density at radius 1 is 1.20 bits per heavy atom. The highest BCUT2D eigenvalue weighted by Gasteiger charge is 2.17. The van der Waals surface area contributed by atoms with Crippen LogP contribution in [-0.2, 0) is 19.1 Å². The standard InChI is InChI=1S/C16H20N4O5/c1-17-15(22)16(23)19-18-10-12-2-4-13(5-3-12)25-11-14(21)20-6-8-24-9-7-20/h2-5,10H,6-9,11H2,1H3,(H,17,22)(H,19,23)/b18-10-. The van der Waals surface area contributed by atoms with Crippen molar-refractivity contribution in [3.8, 4) is 5.75 Å². The van der Waals surface area contributed by atoms with Crippen molar-refractivity contribution in [2.24, 2.45) is 5.10 Å². The first-order valence-electron chi connectivity index (χ1n) is 7.73. The average Bonchev–Trinajstić information content (AvgIpc) is 2.67. The number of morpholine rings is 1. The Hall–Kier alpha value is -2.94. The Bertz CT molecular complexity index is 638. The molecule has 0 aliphatic carbocycles. The van der Waals surface area contributed by atoms with Crippen LogP contribution in [0.3, 0.4) is 0 Å². The lowest BCUT2D eigenvalue weighted by Gasteiger charge is -2.26. The Kier molecular flexibility index (Phi) is 6.90. The molecule has 0 saturated carbocycles. The van der Waals surface area contributed by atoms with Gasteiger partial charge in [0.15, 0.2) is 6.61 Å². The summed E-state index contributed by atoms with van der Waals surface area (Å²) >= 11 is 0. The van der Waals surface area contributed by atoms with Gasteiger partial charge in [-0.2, -0.15) is 5.10 Å². The fourth-order valence-corrected chi connectivity index (χ4v) is 2.03. The summed E-state index contributed by atoms with van der Waals surface area (Å²) in [6, 6.07) is 6.80. The van der Waals surface area contributed by atoms with Crippen molar-refractivity contribution in [3.05, 3.63) is 29.8 Å². The number of carbonyl (C=O) groups is 3. The molecule has 0 bridgehead atoms. The van der Waals surface area contributed by atoms with Gasteiger partial charge >= 0.3 is 11.8 Å². The van der Waals surface area contributed by atoms with Crippen LogP contribution in [0.5, 0.6) is 5.75 Å². The smallest absolute Gasteiger partial charge is 0.329 e. The highest BCUT2D eigenvalue weighted by molar-refractivity contribution is 6.34. The fourth-order valence-electron chi connectivity index (χ4n) is 2.03. The van der Waals surface area contributed by atoms with Gasteiger partial charge in [0.05, 0.1) is 19.4 Å². The van der Waals surface area contributed by atoms with E-state index in [1.807, 2.05) is 0 Å². The zero-order valence-corrected chi connectivity index (χ0v) is 13.9. The molecule has 0 aromatic heterocycles. The van der Waals surface area contributed by atoms with E-state index in [4.69, 9.17) is 9.47 Å². The molecule has 9 nitrogen and oxygen atoms in total. The molecule has 0 spiro atoms. The summed E-state index contributed by atoms with van der Waals surface area (Å²) < 4.78 is 10.7. The Labute approximate surface area is 145 Å². The summed E-state index contributed by atoms with van der Waals surface area (Å²) in [6.07, 6.45) is 1.39. The maximum absolute atomic E-state index is 12.0. The van der Waals surface area contributed by atoms with E-state index in [0.717, 1.165) is 0 Å². The van der Waals surface area contributed by atoms with E-state index in [-0.39, 0.29) is 12.5 Å². The van der Waals surface area contributed by atoms with Gasteiger partial charge in [-0.3, -0.25) is 14.4 Å². The quantitative estimate of drug-likeness (QED) is 0.408. The summed E-state index contributed by atoms with van der Waals surface area (Å²) in [6.45, 7) is 2.24. The van der Waals surface area contributed by atoms with Gasteiger partial charge in [0.2, 0.25) is 0 Å². The normalized spacial score (nSPS) is 14.2. The lowest BCUT2D eigenvalue weighted by molar-refractivity contribution is -0.138. The SMILES string of the molecule is CNC(=O)C(=O)N/N=C\c1ccc(OCC(=O)N2CCOCC2)cc1. The Balaban J connectivity index is 1.78. The van der Waals surface area contributed by atoms with E-state index < -0.39 is 11.8 Å². The lowest BCUT2D eigenvalue weighted by atomic mass is 10.2. The number of likely N-dealkylation sites (N-methyl/N-ethyl adjacent to an activating group) is 1. The molecular weight excluding hydrogens is 328 g/mol. The summed E-state index contributed by atoms with van der Waals surface area (Å²) in [7, 11) is 1.36. The maximum Gasteiger partial charge on any atom is 0.329 e. The zero-order valence-electron chi connectivity index (χ0n) is 13.9. The van der Waals surface area contributed by atoms with E-state index in [2.05, 4.69) is 15.8 Å². The number of hydrazone groups is 1. The molecule has 1 aromatic carbocycles. The molecule has 1 saturated heterocycles. The molecule has 0 radical (unpaired) electrons. The number of hydrogen-bond acceptors (Lipinski definition) is 6. The van der Waals surface area contributed by atoms with Crippen LogP contribution in [0.15, 0.2) is 29.4 Å². The van der Waals surface area contributed by atoms with Gasteiger partial charge in [-0.15, -0.1) is 0 Å². The fraction of sp³-hybridized carbons (Fsp3) is 0.375. The topological polar surface area (TPSA) is 109 Å². The molecule has 1 aromatic rings. The highest BCUT2D eigenvalue weighted by Crippen LogP contribution is 2.11. The minimum absolute atomic E-state index is 0.0321. The van der Waals surface area contributed by atoms with E-state index in [9.17, 15) is 14.4 Å². The molecule has 0 atom stereocenters. The van der Waals surface area contributed by atoms with Crippen LogP contribution in [0.1, 0.15) is 5.56 Å². The van der Waals surface area contributed by atoms with Crippen LogP contribution in [0.25, 0.3) is 0 Å². The van der Waals surface area contributed by atoms with E-state index in [1.165, 1.54) is 13.3 Å². The van der Waals surface area contributed by atoms with E-state index in [0.29, 0.717) is 37.6 Å². The second-order valence-electron chi connectivity index (χ2n) is 5.13. The average molecular weight is 348 g/mol. The molecule has 25 heavy (non-hydrogen) atoms. The summed E-state index contributed by atoms with van der Waals surface area (Å²) in [5, 5.41) is 5.87.